The molecule has 518 valence electrons. The first-order valence-corrected chi connectivity index (χ1v) is 39.9. The summed E-state index contributed by atoms with van der Waals surface area (Å²) in [7, 11) is 0. The predicted molar refractivity (Wildman–Crippen MR) is 389 cm³/mol. The van der Waals surface area contributed by atoms with E-state index in [4.69, 9.17) is 4.74 Å². The Morgan fingerprint density at radius 1 is 0.318 bits per heavy atom. The van der Waals surface area contributed by atoms with Crippen molar-refractivity contribution in [3.05, 3.63) is 48.6 Å². The molecule has 0 saturated carbocycles. The van der Waals surface area contributed by atoms with Crippen LogP contribution in [0.2, 0.25) is 0 Å². The number of rotatable bonds is 75. The number of hydrogen-bond donors (Lipinski definition) is 3. The minimum atomic E-state index is -0.843. The summed E-state index contributed by atoms with van der Waals surface area (Å²) < 4.78 is 5.51. The fourth-order valence-electron chi connectivity index (χ4n) is 12.5. The standard InChI is InChI=1S/C82H155NO5/c1-3-5-7-9-11-13-15-17-19-42-46-50-54-58-62-66-70-74-80(85)79(78-84)83-81(86)75-71-67-63-59-55-51-47-44-40-38-36-34-32-30-28-26-24-22-21-23-25-27-29-31-33-35-37-39-41-45-49-53-57-61-65-69-73-77-88-82(87)76-72-68-64-60-56-52-48-43-20-18-16-14-12-10-8-6-4-2/h18,20-21,23,27,29,70,74,79-80,84-85H,3-17,19,22,24-26,28,30-69,71-73,75-78H2,1-2H3,(H,83,86)/b20-18-,23-21-,29-27-,74-70+. The van der Waals surface area contributed by atoms with Gasteiger partial charge in [0, 0.05) is 12.8 Å². The molecule has 2 atom stereocenters. The number of ether oxygens (including phenoxy) is 1. The Morgan fingerprint density at radius 2 is 0.568 bits per heavy atom. The number of esters is 1. The topological polar surface area (TPSA) is 95.9 Å². The van der Waals surface area contributed by atoms with E-state index in [0.717, 1.165) is 51.4 Å². The number of aliphatic hydroxyl groups excluding tert-OH is 2. The number of nitrogens with one attached hydrogen (secondary N) is 1. The van der Waals surface area contributed by atoms with Gasteiger partial charge in [-0.3, -0.25) is 9.59 Å². The quantitative estimate of drug-likeness (QED) is 0.0320. The van der Waals surface area contributed by atoms with Crippen LogP contribution in [0, 0.1) is 0 Å². The van der Waals surface area contributed by atoms with Gasteiger partial charge in [0.05, 0.1) is 25.4 Å². The van der Waals surface area contributed by atoms with Crippen LogP contribution in [-0.4, -0.2) is 47.4 Å². The molecule has 0 aromatic carbocycles. The number of amides is 1. The van der Waals surface area contributed by atoms with Gasteiger partial charge in [0.15, 0.2) is 0 Å². The Hall–Kier alpha value is -2.18. The average molecular weight is 1240 g/mol. The fourth-order valence-corrected chi connectivity index (χ4v) is 12.5. The first-order chi connectivity index (χ1) is 43.5. The third kappa shape index (κ3) is 72.9. The van der Waals surface area contributed by atoms with Crippen molar-refractivity contribution in [1.29, 1.82) is 0 Å². The zero-order valence-electron chi connectivity index (χ0n) is 59.5. The van der Waals surface area contributed by atoms with Gasteiger partial charge in [-0.2, -0.15) is 0 Å². The smallest absolute Gasteiger partial charge is 0.305 e. The van der Waals surface area contributed by atoms with Gasteiger partial charge in [-0.25, -0.2) is 0 Å². The summed E-state index contributed by atoms with van der Waals surface area (Å²) in [5.41, 5.74) is 0. The summed E-state index contributed by atoms with van der Waals surface area (Å²) in [6, 6.07) is -0.627. The van der Waals surface area contributed by atoms with E-state index in [1.807, 2.05) is 6.08 Å². The third-order valence-electron chi connectivity index (χ3n) is 18.6. The molecule has 3 N–H and O–H groups in total. The normalized spacial score (nSPS) is 12.7. The van der Waals surface area contributed by atoms with Crippen LogP contribution >= 0.6 is 0 Å². The fraction of sp³-hybridized carbons (Fsp3) is 0.878. The first kappa shape index (κ1) is 85.8. The van der Waals surface area contributed by atoms with Crippen LogP contribution in [0.25, 0.3) is 0 Å². The molecule has 0 aliphatic carbocycles. The van der Waals surface area contributed by atoms with E-state index in [1.54, 1.807) is 6.08 Å². The molecule has 0 heterocycles. The molecule has 0 radical (unpaired) electrons. The Kier molecular flexibility index (Phi) is 75.4. The van der Waals surface area contributed by atoms with E-state index in [2.05, 4.69) is 55.6 Å². The second-order valence-electron chi connectivity index (χ2n) is 27.4. The Morgan fingerprint density at radius 3 is 0.875 bits per heavy atom. The largest absolute Gasteiger partial charge is 0.466 e. The SMILES string of the molecule is CCCCCCCC/C=C\CCCCCCCCCC(=O)OCCCCCCCCCCCCCCC/C=C\C/C=C\CCCCCCCCCCCCCCCCCCCC(=O)NC(CO)C(O)/C=C/CCCCCCCCCCCCCCCCC. The predicted octanol–water partition coefficient (Wildman–Crippen LogP) is 26.4. The second-order valence-corrected chi connectivity index (χ2v) is 27.4. The molecule has 0 aromatic rings. The molecule has 0 aliphatic heterocycles. The highest BCUT2D eigenvalue weighted by Crippen LogP contribution is 2.19. The molecular weight excluding hydrogens is 1080 g/mol. The highest BCUT2D eigenvalue weighted by atomic mass is 16.5. The van der Waals surface area contributed by atoms with E-state index >= 15 is 0 Å². The number of allylic oxidation sites excluding steroid dienone is 7. The molecule has 6 heteroatoms. The lowest BCUT2D eigenvalue weighted by Gasteiger charge is -2.20. The zero-order valence-corrected chi connectivity index (χ0v) is 59.5. The van der Waals surface area contributed by atoms with Crippen molar-refractivity contribution in [2.75, 3.05) is 13.2 Å². The lowest BCUT2D eigenvalue weighted by Crippen LogP contribution is -2.45. The summed E-state index contributed by atoms with van der Waals surface area (Å²) in [5.74, 6) is -0.0464. The molecule has 0 aliphatic rings. The van der Waals surface area contributed by atoms with Gasteiger partial charge < -0.3 is 20.3 Å². The van der Waals surface area contributed by atoms with E-state index in [0.29, 0.717) is 19.4 Å². The zero-order chi connectivity index (χ0) is 63.5. The van der Waals surface area contributed by atoms with Gasteiger partial charge in [0.25, 0.3) is 0 Å². The molecule has 0 fully saturated rings. The molecule has 0 saturated heterocycles. The maximum Gasteiger partial charge on any atom is 0.305 e. The summed E-state index contributed by atoms with van der Waals surface area (Å²) in [4.78, 5) is 24.6. The Labute approximate surface area is 550 Å². The van der Waals surface area contributed by atoms with Crippen LogP contribution < -0.4 is 5.32 Å². The number of unbranched alkanes of at least 4 members (excludes halogenated alkanes) is 58. The second kappa shape index (κ2) is 77.3. The van der Waals surface area contributed by atoms with Gasteiger partial charge in [-0.05, 0) is 89.9 Å². The van der Waals surface area contributed by atoms with E-state index in [-0.39, 0.29) is 18.5 Å². The number of hydrogen-bond acceptors (Lipinski definition) is 5. The molecule has 0 rings (SSSR count). The van der Waals surface area contributed by atoms with Gasteiger partial charge >= 0.3 is 5.97 Å². The maximum absolute atomic E-state index is 12.5. The monoisotopic (exact) mass is 1230 g/mol. The van der Waals surface area contributed by atoms with Gasteiger partial charge in [0.1, 0.15) is 0 Å². The van der Waals surface area contributed by atoms with Gasteiger partial charge in [-0.15, -0.1) is 0 Å². The number of carbonyl (C=O) groups is 2. The lowest BCUT2D eigenvalue weighted by molar-refractivity contribution is -0.143. The van der Waals surface area contributed by atoms with Crippen molar-refractivity contribution in [3.63, 3.8) is 0 Å². The van der Waals surface area contributed by atoms with Crippen molar-refractivity contribution in [1.82, 2.24) is 5.32 Å². The van der Waals surface area contributed by atoms with Crippen molar-refractivity contribution in [3.8, 4) is 0 Å². The summed E-state index contributed by atoms with van der Waals surface area (Å²) >= 11 is 0. The number of aliphatic hydroxyl groups is 2. The highest BCUT2D eigenvalue weighted by Gasteiger charge is 2.18. The third-order valence-corrected chi connectivity index (χ3v) is 18.6. The summed E-state index contributed by atoms with van der Waals surface area (Å²) in [6.07, 6.45) is 102. The Balaban J connectivity index is 3.37. The van der Waals surface area contributed by atoms with E-state index in [1.165, 1.54) is 360 Å². The molecule has 0 spiro atoms. The van der Waals surface area contributed by atoms with Crippen molar-refractivity contribution in [2.45, 2.75) is 450 Å². The van der Waals surface area contributed by atoms with Crippen molar-refractivity contribution >= 4 is 11.9 Å². The minimum Gasteiger partial charge on any atom is -0.466 e. The van der Waals surface area contributed by atoms with Crippen LogP contribution in [0.3, 0.4) is 0 Å². The van der Waals surface area contributed by atoms with Gasteiger partial charge in [-0.1, -0.05) is 383 Å². The van der Waals surface area contributed by atoms with Crippen LogP contribution in [0.15, 0.2) is 48.6 Å². The van der Waals surface area contributed by atoms with E-state index < -0.39 is 12.1 Å². The molecule has 1 amide bonds. The van der Waals surface area contributed by atoms with Crippen LogP contribution in [0.5, 0.6) is 0 Å². The lowest BCUT2D eigenvalue weighted by atomic mass is 10.0. The molecule has 0 aromatic heterocycles. The first-order valence-electron chi connectivity index (χ1n) is 39.9. The molecule has 2 unspecified atom stereocenters. The van der Waals surface area contributed by atoms with Crippen molar-refractivity contribution < 1.29 is 24.5 Å². The van der Waals surface area contributed by atoms with Crippen molar-refractivity contribution in [2.24, 2.45) is 0 Å². The highest BCUT2D eigenvalue weighted by molar-refractivity contribution is 5.76. The number of carbonyl (C=O) groups excluding carboxylic acids is 2. The van der Waals surface area contributed by atoms with Crippen LogP contribution in [0.4, 0.5) is 0 Å². The maximum atomic E-state index is 12.5. The Bertz CT molecular complexity index is 1470. The molecule has 0 bridgehead atoms. The minimum absolute atomic E-state index is 0.0157. The molecule has 88 heavy (non-hydrogen) atoms. The molecule has 6 nitrogen and oxygen atoms in total. The van der Waals surface area contributed by atoms with Gasteiger partial charge in [0.2, 0.25) is 5.91 Å². The van der Waals surface area contributed by atoms with Crippen LogP contribution in [-0.2, 0) is 14.3 Å². The van der Waals surface area contributed by atoms with Crippen LogP contribution in [0.1, 0.15) is 438 Å². The average Bonchev–Trinajstić information content (AvgIpc) is 3.58. The summed E-state index contributed by atoms with van der Waals surface area (Å²) in [6.45, 7) is 4.94. The summed E-state index contributed by atoms with van der Waals surface area (Å²) in [5, 5.41) is 23.2. The van der Waals surface area contributed by atoms with E-state index in [9.17, 15) is 19.8 Å². The molecular formula is C82H155NO5.